The molecule has 0 spiro atoms. The summed E-state index contributed by atoms with van der Waals surface area (Å²) >= 11 is 0. The van der Waals surface area contributed by atoms with Crippen molar-refractivity contribution in [2.24, 2.45) is 0 Å². The molecule has 0 radical (unpaired) electrons. The summed E-state index contributed by atoms with van der Waals surface area (Å²) in [5.41, 5.74) is 0.579. The van der Waals surface area contributed by atoms with E-state index in [4.69, 9.17) is 5.11 Å². The second-order valence-corrected chi connectivity index (χ2v) is 5.90. The van der Waals surface area contributed by atoms with Crippen molar-refractivity contribution in [1.29, 1.82) is 0 Å². The van der Waals surface area contributed by atoms with E-state index in [2.05, 4.69) is 15.4 Å². The van der Waals surface area contributed by atoms with Crippen LogP contribution < -0.4 is 5.32 Å². The molecule has 7 heteroatoms. The van der Waals surface area contributed by atoms with Crippen LogP contribution >= 0.6 is 0 Å². The van der Waals surface area contributed by atoms with Crippen LogP contribution in [0.1, 0.15) is 42.5 Å². The van der Waals surface area contributed by atoms with E-state index in [0.29, 0.717) is 18.4 Å². The van der Waals surface area contributed by atoms with E-state index in [9.17, 15) is 9.59 Å². The van der Waals surface area contributed by atoms with E-state index in [-0.39, 0.29) is 12.3 Å². The van der Waals surface area contributed by atoms with Crippen LogP contribution in [-0.4, -0.2) is 37.3 Å². The molecule has 1 fully saturated rings. The smallest absolute Gasteiger partial charge is 0.305 e. The van der Waals surface area contributed by atoms with E-state index in [0.717, 1.165) is 18.5 Å². The second-order valence-electron chi connectivity index (χ2n) is 5.90. The molecule has 23 heavy (non-hydrogen) atoms. The maximum absolute atomic E-state index is 12.6. The van der Waals surface area contributed by atoms with Gasteiger partial charge in [0.15, 0.2) is 0 Å². The first-order valence-corrected chi connectivity index (χ1v) is 7.57. The third-order valence-corrected chi connectivity index (χ3v) is 4.22. The van der Waals surface area contributed by atoms with Crippen LogP contribution in [0.5, 0.6) is 0 Å². The topological polar surface area (TPSA) is 97.1 Å². The van der Waals surface area contributed by atoms with Crippen LogP contribution in [0.25, 0.3) is 5.69 Å². The van der Waals surface area contributed by atoms with Gasteiger partial charge < -0.3 is 10.4 Å². The lowest BCUT2D eigenvalue weighted by atomic mass is 9.92. The highest BCUT2D eigenvalue weighted by Crippen LogP contribution is 2.33. The van der Waals surface area contributed by atoms with Gasteiger partial charge in [0.05, 0.1) is 17.6 Å². The largest absolute Gasteiger partial charge is 0.481 e. The van der Waals surface area contributed by atoms with Gasteiger partial charge in [-0.3, -0.25) is 9.59 Å². The number of carboxylic acids is 1. The first-order valence-electron chi connectivity index (χ1n) is 7.57. The molecule has 3 rings (SSSR count). The molecule has 1 amide bonds. The van der Waals surface area contributed by atoms with Gasteiger partial charge in [0, 0.05) is 5.56 Å². The molecule has 2 aromatic rings. The van der Waals surface area contributed by atoms with Gasteiger partial charge in [-0.25, -0.2) is 9.67 Å². The summed E-state index contributed by atoms with van der Waals surface area (Å²) in [6.07, 6.45) is 6.22. The van der Waals surface area contributed by atoms with Gasteiger partial charge in [-0.05, 0) is 31.0 Å². The summed E-state index contributed by atoms with van der Waals surface area (Å²) in [4.78, 5) is 27.6. The molecule has 1 heterocycles. The maximum Gasteiger partial charge on any atom is 0.305 e. The van der Waals surface area contributed by atoms with Crippen molar-refractivity contribution < 1.29 is 14.7 Å². The van der Waals surface area contributed by atoms with Gasteiger partial charge in [-0.2, -0.15) is 5.10 Å². The Labute approximate surface area is 133 Å². The number of hydrogen-bond donors (Lipinski definition) is 2. The summed E-state index contributed by atoms with van der Waals surface area (Å²) in [5, 5.41) is 16.1. The molecule has 0 bridgehead atoms. The molecule has 0 unspecified atom stereocenters. The third-order valence-electron chi connectivity index (χ3n) is 4.22. The van der Waals surface area contributed by atoms with Gasteiger partial charge in [0.1, 0.15) is 12.7 Å². The van der Waals surface area contributed by atoms with Crippen LogP contribution in [0.4, 0.5) is 0 Å². The highest BCUT2D eigenvalue weighted by atomic mass is 16.4. The molecule has 7 nitrogen and oxygen atoms in total. The fourth-order valence-corrected chi connectivity index (χ4v) is 3.13. The zero-order chi connectivity index (χ0) is 16.3. The Hall–Kier alpha value is -2.70. The summed E-state index contributed by atoms with van der Waals surface area (Å²) in [7, 11) is 0. The lowest BCUT2D eigenvalue weighted by molar-refractivity contribution is -0.138. The predicted molar refractivity (Wildman–Crippen MR) is 82.3 cm³/mol. The minimum atomic E-state index is -0.886. The van der Waals surface area contributed by atoms with Crippen molar-refractivity contribution in [3.05, 3.63) is 42.5 Å². The number of hydrogen-bond acceptors (Lipinski definition) is 4. The molecule has 1 aromatic heterocycles. The van der Waals surface area contributed by atoms with Gasteiger partial charge in [0.25, 0.3) is 5.91 Å². The molecular weight excluding hydrogens is 296 g/mol. The third kappa shape index (κ3) is 3.39. The minimum absolute atomic E-state index is 0.0402. The Bertz CT molecular complexity index is 706. The zero-order valence-corrected chi connectivity index (χ0v) is 12.6. The molecule has 1 aliphatic rings. The number of carboxylic acid groups (broad SMARTS) is 1. The van der Waals surface area contributed by atoms with E-state index in [1.165, 1.54) is 6.33 Å². The Balaban J connectivity index is 1.80. The SMILES string of the molecule is O=C(O)CC1(NC(=O)c2cccc(-n3cncn3)c2)CCCC1. The van der Waals surface area contributed by atoms with Gasteiger partial charge in [-0.1, -0.05) is 18.9 Å². The van der Waals surface area contributed by atoms with Crippen LogP contribution in [-0.2, 0) is 4.79 Å². The summed E-state index contributed by atoms with van der Waals surface area (Å²) in [6.45, 7) is 0. The van der Waals surface area contributed by atoms with E-state index < -0.39 is 11.5 Å². The number of carbonyl (C=O) groups is 2. The highest BCUT2D eigenvalue weighted by Gasteiger charge is 2.37. The Morgan fingerprint density at radius 1 is 1.30 bits per heavy atom. The van der Waals surface area contributed by atoms with E-state index >= 15 is 0 Å². The summed E-state index contributed by atoms with van der Waals surface area (Å²) in [6, 6.07) is 7.02. The normalized spacial score (nSPS) is 16.2. The average molecular weight is 314 g/mol. The Morgan fingerprint density at radius 3 is 2.74 bits per heavy atom. The van der Waals surface area contributed by atoms with Crippen LogP contribution in [0.2, 0.25) is 0 Å². The fourth-order valence-electron chi connectivity index (χ4n) is 3.13. The van der Waals surface area contributed by atoms with Crippen molar-refractivity contribution in [3.63, 3.8) is 0 Å². The molecule has 0 saturated heterocycles. The standard InChI is InChI=1S/C16H18N4O3/c21-14(22)9-16(6-1-2-7-16)19-15(23)12-4-3-5-13(8-12)20-11-17-10-18-20/h3-5,8,10-11H,1-2,6-7,9H2,(H,19,23)(H,21,22). The number of nitrogens with zero attached hydrogens (tertiary/aromatic N) is 3. The van der Waals surface area contributed by atoms with Crippen molar-refractivity contribution in [2.75, 3.05) is 0 Å². The maximum atomic E-state index is 12.6. The van der Waals surface area contributed by atoms with Crippen molar-refractivity contribution >= 4 is 11.9 Å². The minimum Gasteiger partial charge on any atom is -0.481 e. The first-order chi connectivity index (χ1) is 11.1. The lowest BCUT2D eigenvalue weighted by Crippen LogP contribution is -2.47. The summed E-state index contributed by atoms with van der Waals surface area (Å²) < 4.78 is 1.57. The number of carbonyl (C=O) groups excluding carboxylic acids is 1. The van der Waals surface area contributed by atoms with Crippen molar-refractivity contribution in [1.82, 2.24) is 20.1 Å². The number of aliphatic carboxylic acids is 1. The number of amides is 1. The number of aromatic nitrogens is 3. The molecule has 1 aliphatic carbocycles. The Morgan fingerprint density at radius 2 is 2.09 bits per heavy atom. The quantitative estimate of drug-likeness (QED) is 0.877. The average Bonchev–Trinajstić information content (AvgIpc) is 3.19. The van der Waals surface area contributed by atoms with Crippen molar-refractivity contribution in [2.45, 2.75) is 37.6 Å². The van der Waals surface area contributed by atoms with Gasteiger partial charge >= 0.3 is 5.97 Å². The molecule has 1 aromatic carbocycles. The zero-order valence-electron chi connectivity index (χ0n) is 12.6. The summed E-state index contributed by atoms with van der Waals surface area (Å²) in [5.74, 6) is -1.14. The molecule has 0 atom stereocenters. The number of benzene rings is 1. The number of rotatable bonds is 5. The Kier molecular flexibility index (Phi) is 4.10. The molecule has 2 N–H and O–H groups in total. The molecule has 1 saturated carbocycles. The van der Waals surface area contributed by atoms with E-state index in [1.807, 2.05) is 6.07 Å². The molecule has 0 aliphatic heterocycles. The van der Waals surface area contributed by atoms with Gasteiger partial charge in [-0.15, -0.1) is 0 Å². The van der Waals surface area contributed by atoms with E-state index in [1.54, 1.807) is 29.2 Å². The number of nitrogens with one attached hydrogen (secondary N) is 1. The second kappa shape index (κ2) is 6.20. The monoisotopic (exact) mass is 314 g/mol. The lowest BCUT2D eigenvalue weighted by Gasteiger charge is -2.28. The first kappa shape index (κ1) is 15.2. The van der Waals surface area contributed by atoms with Crippen LogP contribution in [0, 0.1) is 0 Å². The van der Waals surface area contributed by atoms with Crippen LogP contribution in [0.3, 0.4) is 0 Å². The van der Waals surface area contributed by atoms with Crippen LogP contribution in [0.15, 0.2) is 36.9 Å². The highest BCUT2D eigenvalue weighted by molar-refractivity contribution is 5.95. The van der Waals surface area contributed by atoms with Crippen molar-refractivity contribution in [3.8, 4) is 5.69 Å². The molecular formula is C16H18N4O3. The predicted octanol–water partition coefficient (Wildman–Crippen LogP) is 1.78. The molecule has 120 valence electrons. The van der Waals surface area contributed by atoms with Gasteiger partial charge in [0.2, 0.25) is 0 Å². The fraction of sp³-hybridized carbons (Fsp3) is 0.375.